The molecule has 0 aliphatic heterocycles. The van der Waals surface area contributed by atoms with Crippen LogP contribution >= 0.6 is 0 Å². The second-order valence-electron chi connectivity index (χ2n) is 5.81. The molecule has 0 bridgehead atoms. The van der Waals surface area contributed by atoms with Crippen LogP contribution < -0.4 is 0 Å². The van der Waals surface area contributed by atoms with Gasteiger partial charge in [0, 0.05) is 30.6 Å². The van der Waals surface area contributed by atoms with E-state index in [2.05, 4.69) is 0 Å². The van der Waals surface area contributed by atoms with Crippen molar-refractivity contribution in [2.24, 2.45) is 5.92 Å². The summed E-state index contributed by atoms with van der Waals surface area (Å²) in [6.45, 7) is 3.49. The molecule has 0 aromatic heterocycles. The van der Waals surface area contributed by atoms with Gasteiger partial charge in [-0.25, -0.2) is 8.42 Å². The molecule has 1 atom stereocenters. The zero-order valence-corrected chi connectivity index (χ0v) is 13.9. The van der Waals surface area contributed by atoms with E-state index in [1.54, 1.807) is 6.92 Å². The van der Waals surface area contributed by atoms with Crippen LogP contribution in [0.4, 0.5) is 5.69 Å². The van der Waals surface area contributed by atoms with Crippen LogP contribution in [0, 0.1) is 34.3 Å². The van der Waals surface area contributed by atoms with Gasteiger partial charge in [0.05, 0.1) is 15.9 Å². The molecule has 2 rings (SSSR count). The molecule has 1 aliphatic rings. The number of sulfonamides is 1. The van der Waals surface area contributed by atoms with Gasteiger partial charge in [-0.05, 0) is 38.7 Å². The average molecular weight is 337 g/mol. The molecule has 1 fully saturated rings. The highest BCUT2D eigenvalue weighted by Gasteiger charge is 2.38. The molecule has 0 radical (unpaired) electrons. The van der Waals surface area contributed by atoms with E-state index in [1.807, 2.05) is 13.0 Å². The van der Waals surface area contributed by atoms with Crippen molar-refractivity contribution in [3.63, 3.8) is 0 Å². The smallest absolute Gasteiger partial charge is 0.258 e. The zero-order chi connectivity index (χ0) is 17.2. The molecule has 1 aromatic rings. The Morgan fingerprint density at radius 3 is 2.65 bits per heavy atom. The molecule has 0 N–H and O–H groups in total. The summed E-state index contributed by atoms with van der Waals surface area (Å²) in [7, 11) is -3.87. The number of nitro groups is 1. The number of benzene rings is 1. The fraction of sp³-hybridized carbons (Fsp3) is 0.533. The van der Waals surface area contributed by atoms with E-state index >= 15 is 0 Å². The summed E-state index contributed by atoms with van der Waals surface area (Å²) < 4.78 is 27.1. The second-order valence-corrected chi connectivity index (χ2v) is 7.70. The molecule has 1 aliphatic carbocycles. The number of nitro benzene ring substituents is 1. The maximum Gasteiger partial charge on any atom is 0.273 e. The monoisotopic (exact) mass is 337 g/mol. The quantitative estimate of drug-likeness (QED) is 0.562. The lowest BCUT2D eigenvalue weighted by Gasteiger charge is -2.27. The number of rotatable bonds is 7. The van der Waals surface area contributed by atoms with Crippen LogP contribution in [0.2, 0.25) is 0 Å². The van der Waals surface area contributed by atoms with Gasteiger partial charge in [0.25, 0.3) is 5.69 Å². The van der Waals surface area contributed by atoms with Crippen molar-refractivity contribution in [3.05, 3.63) is 33.9 Å². The summed E-state index contributed by atoms with van der Waals surface area (Å²) in [5.74, 6) is 0.295. The fourth-order valence-electron chi connectivity index (χ4n) is 2.60. The first-order valence-corrected chi connectivity index (χ1v) is 8.87. The first-order chi connectivity index (χ1) is 10.8. The summed E-state index contributed by atoms with van der Waals surface area (Å²) in [4.78, 5) is 10.4. The molecule has 124 valence electrons. The number of hydrogen-bond donors (Lipinski definition) is 0. The minimum absolute atomic E-state index is 0.0875. The van der Waals surface area contributed by atoms with Gasteiger partial charge in [0.2, 0.25) is 10.0 Å². The van der Waals surface area contributed by atoms with Crippen molar-refractivity contribution in [1.29, 1.82) is 5.26 Å². The van der Waals surface area contributed by atoms with Crippen molar-refractivity contribution < 1.29 is 13.3 Å². The summed E-state index contributed by atoms with van der Waals surface area (Å²) in [5, 5.41) is 19.8. The van der Waals surface area contributed by atoms with Gasteiger partial charge in [-0.1, -0.05) is 6.07 Å². The van der Waals surface area contributed by atoms with Crippen molar-refractivity contribution in [2.75, 3.05) is 6.54 Å². The third kappa shape index (κ3) is 3.68. The molecular formula is C15H19N3O4S. The van der Waals surface area contributed by atoms with Crippen molar-refractivity contribution >= 4 is 15.7 Å². The van der Waals surface area contributed by atoms with E-state index in [4.69, 9.17) is 5.26 Å². The van der Waals surface area contributed by atoms with Gasteiger partial charge < -0.3 is 0 Å². The molecule has 0 spiro atoms. The van der Waals surface area contributed by atoms with Gasteiger partial charge in [-0.3, -0.25) is 10.1 Å². The first kappa shape index (κ1) is 17.4. The maximum absolute atomic E-state index is 12.9. The minimum Gasteiger partial charge on any atom is -0.258 e. The van der Waals surface area contributed by atoms with E-state index in [9.17, 15) is 18.5 Å². The predicted molar refractivity (Wildman–Crippen MR) is 84.1 cm³/mol. The van der Waals surface area contributed by atoms with E-state index in [0.29, 0.717) is 11.5 Å². The third-order valence-electron chi connectivity index (χ3n) is 4.19. The van der Waals surface area contributed by atoms with Gasteiger partial charge in [-0.15, -0.1) is 0 Å². The van der Waals surface area contributed by atoms with Crippen molar-refractivity contribution in [1.82, 2.24) is 4.31 Å². The third-order valence-corrected chi connectivity index (χ3v) is 6.17. The summed E-state index contributed by atoms with van der Waals surface area (Å²) in [5.41, 5.74) is 0.193. The Kier molecular flexibility index (Phi) is 5.02. The number of nitrogens with zero attached hydrogens (tertiary/aromatic N) is 3. The average Bonchev–Trinajstić information content (AvgIpc) is 3.31. The highest BCUT2D eigenvalue weighted by atomic mass is 32.2. The Hall–Kier alpha value is -1.98. The molecule has 0 heterocycles. The molecule has 7 nitrogen and oxygen atoms in total. The maximum atomic E-state index is 12.9. The van der Waals surface area contributed by atoms with Crippen LogP contribution in [0.5, 0.6) is 0 Å². The topological polar surface area (TPSA) is 104 Å². The van der Waals surface area contributed by atoms with Gasteiger partial charge >= 0.3 is 0 Å². The van der Waals surface area contributed by atoms with Crippen LogP contribution in [0.15, 0.2) is 23.1 Å². The van der Waals surface area contributed by atoms with E-state index in [0.717, 1.165) is 18.9 Å². The number of nitriles is 1. The first-order valence-electron chi connectivity index (χ1n) is 7.43. The number of hydrogen-bond acceptors (Lipinski definition) is 5. The van der Waals surface area contributed by atoms with Crippen LogP contribution in [0.25, 0.3) is 0 Å². The highest BCUT2D eigenvalue weighted by molar-refractivity contribution is 7.89. The lowest BCUT2D eigenvalue weighted by Crippen LogP contribution is -2.40. The van der Waals surface area contributed by atoms with E-state index in [-0.39, 0.29) is 29.6 Å². The van der Waals surface area contributed by atoms with Crippen LogP contribution in [-0.2, 0) is 10.0 Å². The Morgan fingerprint density at radius 2 is 2.13 bits per heavy atom. The largest absolute Gasteiger partial charge is 0.273 e. The van der Waals surface area contributed by atoms with Gasteiger partial charge in [0.1, 0.15) is 0 Å². The molecule has 1 saturated carbocycles. The Morgan fingerprint density at radius 1 is 1.48 bits per heavy atom. The molecule has 0 saturated heterocycles. The second kappa shape index (κ2) is 6.64. The summed E-state index contributed by atoms with van der Waals surface area (Å²) >= 11 is 0. The lowest BCUT2D eigenvalue weighted by molar-refractivity contribution is -0.385. The van der Waals surface area contributed by atoms with Crippen LogP contribution in [0.3, 0.4) is 0 Å². The number of aryl methyl sites for hydroxylation is 1. The Labute approximate surface area is 135 Å². The van der Waals surface area contributed by atoms with Gasteiger partial charge in [0.15, 0.2) is 0 Å². The zero-order valence-electron chi connectivity index (χ0n) is 13.1. The summed E-state index contributed by atoms with van der Waals surface area (Å²) in [6, 6.07) is 5.67. The molecule has 0 unspecified atom stereocenters. The van der Waals surface area contributed by atoms with Crippen molar-refractivity contribution in [2.45, 2.75) is 44.0 Å². The van der Waals surface area contributed by atoms with E-state index < -0.39 is 14.9 Å². The Bertz CT molecular complexity index is 750. The molecule has 0 amide bonds. The summed E-state index contributed by atoms with van der Waals surface area (Å²) in [6.07, 6.45) is 2.02. The predicted octanol–water partition coefficient (Wildman–Crippen LogP) is 2.61. The molecular weight excluding hydrogens is 318 g/mol. The molecule has 1 aromatic carbocycles. The minimum atomic E-state index is -3.87. The SMILES string of the molecule is Cc1ccc(S(=O)(=O)N(CCC#N)[C@@H](C)C2CC2)cc1[N+](=O)[O-]. The lowest BCUT2D eigenvalue weighted by atomic mass is 10.2. The Balaban J connectivity index is 2.42. The van der Waals surface area contributed by atoms with Crippen LogP contribution in [0.1, 0.15) is 31.7 Å². The molecule has 23 heavy (non-hydrogen) atoms. The highest BCUT2D eigenvalue weighted by Crippen LogP contribution is 2.37. The van der Waals surface area contributed by atoms with E-state index in [1.165, 1.54) is 16.4 Å². The van der Waals surface area contributed by atoms with Crippen LogP contribution in [-0.4, -0.2) is 30.2 Å². The van der Waals surface area contributed by atoms with Crippen molar-refractivity contribution in [3.8, 4) is 6.07 Å². The fourth-order valence-corrected chi connectivity index (χ4v) is 4.31. The van der Waals surface area contributed by atoms with Gasteiger partial charge in [-0.2, -0.15) is 9.57 Å². The normalized spacial score (nSPS) is 16.1. The molecule has 8 heteroatoms. The standard InChI is InChI=1S/C15H19N3O4S/c1-11-4-7-14(10-15(11)18(19)20)23(21,22)17(9-3-8-16)12(2)13-5-6-13/h4,7,10,12-13H,3,5-6,9H2,1-2H3/t12-/m0/s1.